The van der Waals surface area contributed by atoms with Gasteiger partial charge in [-0.05, 0) is 41.5 Å². The standard InChI is InChI=1S/C11H12Br2/c1-11(2)4-3-8-9(11)5-7(12)6-10(8)13/h5-6H,3-4H2,1-2H3. The SMILES string of the molecule is CC1(C)CCc2c(Br)cc(Br)cc21. The van der Waals surface area contributed by atoms with Crippen LogP contribution in [0.15, 0.2) is 21.1 Å². The van der Waals surface area contributed by atoms with E-state index in [1.54, 1.807) is 0 Å². The molecule has 0 aliphatic heterocycles. The molecule has 1 aromatic carbocycles. The first-order valence-electron chi connectivity index (χ1n) is 4.49. The Morgan fingerprint density at radius 1 is 1.23 bits per heavy atom. The molecule has 0 nitrogen and oxygen atoms in total. The minimum Gasteiger partial charge on any atom is -0.0558 e. The third-order valence-electron chi connectivity index (χ3n) is 2.89. The maximum atomic E-state index is 3.62. The number of hydrogen-bond acceptors (Lipinski definition) is 0. The van der Waals surface area contributed by atoms with Gasteiger partial charge in [-0.3, -0.25) is 0 Å². The zero-order valence-electron chi connectivity index (χ0n) is 7.82. The molecule has 2 heteroatoms. The van der Waals surface area contributed by atoms with Crippen LogP contribution in [0.4, 0.5) is 0 Å². The molecule has 0 unspecified atom stereocenters. The Labute approximate surface area is 96.0 Å². The van der Waals surface area contributed by atoms with Crippen molar-refractivity contribution in [2.75, 3.05) is 0 Å². The number of halogens is 2. The number of rotatable bonds is 0. The molecule has 0 heterocycles. The maximum Gasteiger partial charge on any atom is 0.0221 e. The molecule has 0 amide bonds. The van der Waals surface area contributed by atoms with E-state index in [9.17, 15) is 0 Å². The van der Waals surface area contributed by atoms with Crippen LogP contribution in [0.2, 0.25) is 0 Å². The summed E-state index contributed by atoms with van der Waals surface area (Å²) in [6, 6.07) is 4.40. The number of hydrogen-bond donors (Lipinski definition) is 0. The summed E-state index contributed by atoms with van der Waals surface area (Å²) in [5.41, 5.74) is 3.34. The second-order valence-corrected chi connectivity index (χ2v) is 6.07. The molecule has 1 aliphatic rings. The van der Waals surface area contributed by atoms with E-state index >= 15 is 0 Å². The summed E-state index contributed by atoms with van der Waals surface area (Å²) < 4.78 is 2.43. The van der Waals surface area contributed by atoms with E-state index in [0.29, 0.717) is 5.41 Å². The lowest BCUT2D eigenvalue weighted by Gasteiger charge is -2.19. The summed E-state index contributed by atoms with van der Waals surface area (Å²) >= 11 is 7.16. The van der Waals surface area contributed by atoms with Crippen molar-refractivity contribution in [3.05, 3.63) is 32.2 Å². The molecule has 0 fully saturated rings. The van der Waals surface area contributed by atoms with Gasteiger partial charge in [0.1, 0.15) is 0 Å². The minimum absolute atomic E-state index is 0.349. The second-order valence-electron chi connectivity index (χ2n) is 4.30. The maximum absolute atomic E-state index is 3.62. The van der Waals surface area contributed by atoms with Crippen LogP contribution in [0.1, 0.15) is 31.4 Å². The summed E-state index contributed by atoms with van der Waals surface area (Å²) in [6.07, 6.45) is 2.47. The normalized spacial score (nSPS) is 18.8. The summed E-state index contributed by atoms with van der Waals surface area (Å²) in [7, 11) is 0. The molecule has 0 saturated carbocycles. The predicted octanol–water partition coefficient (Wildman–Crippen LogP) is 4.44. The fourth-order valence-corrected chi connectivity index (χ4v) is 3.46. The third kappa shape index (κ3) is 1.59. The first-order chi connectivity index (χ1) is 6.00. The van der Waals surface area contributed by atoms with Gasteiger partial charge in [-0.1, -0.05) is 45.7 Å². The second kappa shape index (κ2) is 3.09. The van der Waals surface area contributed by atoms with Crippen LogP contribution in [-0.4, -0.2) is 0 Å². The van der Waals surface area contributed by atoms with Gasteiger partial charge >= 0.3 is 0 Å². The van der Waals surface area contributed by atoms with Gasteiger partial charge in [0.15, 0.2) is 0 Å². The molecular formula is C11H12Br2. The van der Waals surface area contributed by atoms with Crippen molar-refractivity contribution in [1.82, 2.24) is 0 Å². The molecule has 0 bridgehead atoms. The van der Waals surface area contributed by atoms with Crippen molar-refractivity contribution < 1.29 is 0 Å². The largest absolute Gasteiger partial charge is 0.0558 e. The Bertz CT molecular complexity index is 353. The van der Waals surface area contributed by atoms with Crippen LogP contribution in [0.3, 0.4) is 0 Å². The smallest absolute Gasteiger partial charge is 0.0221 e. The van der Waals surface area contributed by atoms with Crippen molar-refractivity contribution in [2.45, 2.75) is 32.1 Å². The van der Waals surface area contributed by atoms with Gasteiger partial charge in [0.25, 0.3) is 0 Å². The average molecular weight is 304 g/mol. The molecule has 0 radical (unpaired) electrons. The van der Waals surface area contributed by atoms with Crippen molar-refractivity contribution in [2.24, 2.45) is 0 Å². The summed E-state index contributed by atoms with van der Waals surface area (Å²) in [5, 5.41) is 0. The van der Waals surface area contributed by atoms with Crippen molar-refractivity contribution >= 4 is 31.9 Å². The molecule has 13 heavy (non-hydrogen) atoms. The quantitative estimate of drug-likeness (QED) is 0.665. The highest BCUT2D eigenvalue weighted by Crippen LogP contribution is 2.42. The lowest BCUT2D eigenvalue weighted by molar-refractivity contribution is 0.522. The van der Waals surface area contributed by atoms with Crippen LogP contribution in [-0.2, 0) is 11.8 Å². The van der Waals surface area contributed by atoms with Gasteiger partial charge in [0, 0.05) is 8.95 Å². The highest BCUT2D eigenvalue weighted by molar-refractivity contribution is 9.11. The van der Waals surface area contributed by atoms with Crippen LogP contribution in [0.5, 0.6) is 0 Å². The Balaban J connectivity index is 2.65. The highest BCUT2D eigenvalue weighted by atomic mass is 79.9. The van der Waals surface area contributed by atoms with Gasteiger partial charge in [0.2, 0.25) is 0 Å². The number of fused-ring (bicyclic) bond motifs is 1. The van der Waals surface area contributed by atoms with E-state index in [4.69, 9.17) is 0 Å². The van der Waals surface area contributed by atoms with Crippen LogP contribution in [0.25, 0.3) is 0 Å². The van der Waals surface area contributed by atoms with E-state index in [1.165, 1.54) is 32.9 Å². The van der Waals surface area contributed by atoms with Gasteiger partial charge in [-0.25, -0.2) is 0 Å². The molecule has 0 spiro atoms. The topological polar surface area (TPSA) is 0 Å². The molecule has 70 valence electrons. The Morgan fingerprint density at radius 3 is 2.62 bits per heavy atom. The lowest BCUT2D eigenvalue weighted by atomic mass is 9.87. The van der Waals surface area contributed by atoms with Gasteiger partial charge in [-0.15, -0.1) is 0 Å². The van der Waals surface area contributed by atoms with E-state index in [-0.39, 0.29) is 0 Å². The van der Waals surface area contributed by atoms with Crippen molar-refractivity contribution in [1.29, 1.82) is 0 Å². The molecule has 0 N–H and O–H groups in total. The molecular weight excluding hydrogens is 292 g/mol. The third-order valence-corrected chi connectivity index (χ3v) is 4.05. The van der Waals surface area contributed by atoms with E-state index in [2.05, 4.69) is 57.8 Å². The molecule has 0 aromatic heterocycles. The highest BCUT2D eigenvalue weighted by Gasteiger charge is 2.31. The summed E-state index contributed by atoms with van der Waals surface area (Å²) in [5.74, 6) is 0. The Kier molecular flexibility index (Phi) is 2.31. The first kappa shape index (κ1) is 9.72. The van der Waals surface area contributed by atoms with Crippen LogP contribution in [0, 0.1) is 0 Å². The predicted molar refractivity (Wildman–Crippen MR) is 63.2 cm³/mol. The molecule has 0 saturated heterocycles. The fraction of sp³-hybridized carbons (Fsp3) is 0.455. The Hall–Kier alpha value is 0.180. The van der Waals surface area contributed by atoms with Crippen molar-refractivity contribution in [3.63, 3.8) is 0 Å². The fourth-order valence-electron chi connectivity index (χ4n) is 2.03. The Morgan fingerprint density at radius 2 is 1.92 bits per heavy atom. The van der Waals surface area contributed by atoms with Crippen LogP contribution < -0.4 is 0 Å². The van der Waals surface area contributed by atoms with E-state index in [1.807, 2.05) is 0 Å². The zero-order chi connectivity index (χ0) is 9.64. The lowest BCUT2D eigenvalue weighted by Crippen LogP contribution is -2.11. The van der Waals surface area contributed by atoms with Crippen LogP contribution >= 0.6 is 31.9 Å². The number of benzene rings is 1. The van der Waals surface area contributed by atoms with Gasteiger partial charge in [-0.2, -0.15) is 0 Å². The van der Waals surface area contributed by atoms with Gasteiger partial charge < -0.3 is 0 Å². The molecule has 0 atom stereocenters. The summed E-state index contributed by atoms with van der Waals surface area (Å²) in [4.78, 5) is 0. The molecule has 1 aliphatic carbocycles. The molecule has 1 aromatic rings. The monoisotopic (exact) mass is 302 g/mol. The first-order valence-corrected chi connectivity index (χ1v) is 6.08. The zero-order valence-corrected chi connectivity index (χ0v) is 11.0. The summed E-state index contributed by atoms with van der Waals surface area (Å²) in [6.45, 7) is 4.63. The average Bonchev–Trinajstić information content (AvgIpc) is 2.28. The van der Waals surface area contributed by atoms with E-state index in [0.717, 1.165) is 0 Å². The minimum atomic E-state index is 0.349. The molecule has 2 rings (SSSR count). The van der Waals surface area contributed by atoms with Crippen molar-refractivity contribution in [3.8, 4) is 0 Å². The van der Waals surface area contributed by atoms with Gasteiger partial charge in [0.05, 0.1) is 0 Å². The van der Waals surface area contributed by atoms with E-state index < -0.39 is 0 Å².